The van der Waals surface area contributed by atoms with Gasteiger partial charge in [-0.1, -0.05) is 24.3 Å². The third kappa shape index (κ3) is 3.98. The minimum atomic E-state index is -0.403. The van der Waals surface area contributed by atoms with E-state index in [1.54, 1.807) is 36.4 Å². The second-order valence-electron chi connectivity index (χ2n) is 5.21. The molecular weight excluding hydrogens is 311 g/mol. The number of rotatable bonds is 6. The van der Waals surface area contributed by atoms with Crippen LogP contribution in [0.25, 0.3) is 11.3 Å². The van der Waals surface area contributed by atoms with E-state index in [1.165, 1.54) is 18.3 Å². The van der Waals surface area contributed by atoms with E-state index in [0.717, 1.165) is 5.56 Å². The Kier molecular flexibility index (Phi) is 4.56. The van der Waals surface area contributed by atoms with E-state index >= 15 is 0 Å². The van der Waals surface area contributed by atoms with Crippen molar-refractivity contribution >= 4 is 5.91 Å². The summed E-state index contributed by atoms with van der Waals surface area (Å²) in [6.45, 7) is 0.120. The number of aromatic nitrogens is 1. The molecule has 0 aliphatic heterocycles. The lowest BCUT2D eigenvalue weighted by Gasteiger charge is -2.05. The largest absolute Gasteiger partial charge is 0.484 e. The molecular formula is C18H15FN2O3. The number of oxazole rings is 1. The third-order valence-electron chi connectivity index (χ3n) is 3.30. The molecule has 1 amide bonds. The summed E-state index contributed by atoms with van der Waals surface area (Å²) >= 11 is 0. The molecule has 0 saturated carbocycles. The molecule has 0 radical (unpaired) electrons. The molecule has 0 aliphatic rings. The Labute approximate surface area is 137 Å². The standard InChI is InChI=1S/C18H15FN2O3/c19-14-5-2-4-13(9-14)16-10-21-18(24-16)11-23-15-6-1-3-12(7-15)8-17(20)22/h1-7,9-10H,8,11H2,(H2,20,22). The molecule has 0 unspecified atom stereocenters. The number of ether oxygens (including phenoxy) is 1. The first-order valence-corrected chi connectivity index (χ1v) is 7.31. The Morgan fingerprint density at radius 1 is 1.21 bits per heavy atom. The van der Waals surface area contributed by atoms with Gasteiger partial charge >= 0.3 is 0 Å². The van der Waals surface area contributed by atoms with Gasteiger partial charge in [0.25, 0.3) is 0 Å². The summed E-state index contributed by atoms with van der Waals surface area (Å²) in [5.74, 6) is 0.678. The van der Waals surface area contributed by atoms with Crippen LogP contribution in [0.3, 0.4) is 0 Å². The van der Waals surface area contributed by atoms with Crippen LogP contribution in [0.5, 0.6) is 5.75 Å². The van der Waals surface area contributed by atoms with Crippen molar-refractivity contribution in [2.45, 2.75) is 13.0 Å². The quantitative estimate of drug-likeness (QED) is 0.755. The van der Waals surface area contributed by atoms with Crippen LogP contribution >= 0.6 is 0 Å². The molecule has 0 spiro atoms. The van der Waals surface area contributed by atoms with E-state index in [1.807, 2.05) is 0 Å². The van der Waals surface area contributed by atoms with Gasteiger partial charge in [-0.05, 0) is 29.8 Å². The molecule has 1 aromatic heterocycles. The molecule has 2 N–H and O–H groups in total. The smallest absolute Gasteiger partial charge is 0.232 e. The molecule has 6 heteroatoms. The van der Waals surface area contributed by atoms with E-state index in [-0.39, 0.29) is 18.8 Å². The lowest BCUT2D eigenvalue weighted by molar-refractivity contribution is -0.117. The predicted molar refractivity (Wildman–Crippen MR) is 85.6 cm³/mol. The van der Waals surface area contributed by atoms with Gasteiger partial charge in [0, 0.05) is 5.56 Å². The van der Waals surface area contributed by atoms with Gasteiger partial charge in [0.1, 0.15) is 11.6 Å². The third-order valence-corrected chi connectivity index (χ3v) is 3.30. The van der Waals surface area contributed by atoms with Crippen molar-refractivity contribution in [2.24, 2.45) is 5.73 Å². The Morgan fingerprint density at radius 3 is 2.83 bits per heavy atom. The SMILES string of the molecule is NC(=O)Cc1cccc(OCc2ncc(-c3cccc(F)c3)o2)c1. The van der Waals surface area contributed by atoms with Gasteiger partial charge in [0.15, 0.2) is 12.4 Å². The first-order valence-electron chi connectivity index (χ1n) is 7.31. The minimum absolute atomic E-state index is 0.120. The highest BCUT2D eigenvalue weighted by Crippen LogP contribution is 2.22. The monoisotopic (exact) mass is 326 g/mol. The van der Waals surface area contributed by atoms with Crippen molar-refractivity contribution in [1.82, 2.24) is 4.98 Å². The van der Waals surface area contributed by atoms with Gasteiger partial charge in [-0.3, -0.25) is 4.79 Å². The summed E-state index contributed by atoms with van der Waals surface area (Å²) in [5, 5.41) is 0. The van der Waals surface area contributed by atoms with E-state index < -0.39 is 5.91 Å². The molecule has 0 atom stereocenters. The van der Waals surface area contributed by atoms with Gasteiger partial charge in [-0.2, -0.15) is 0 Å². The molecule has 1 heterocycles. The zero-order chi connectivity index (χ0) is 16.9. The van der Waals surface area contributed by atoms with Crippen LogP contribution in [0.2, 0.25) is 0 Å². The van der Waals surface area contributed by atoms with Crippen molar-refractivity contribution < 1.29 is 18.3 Å². The zero-order valence-corrected chi connectivity index (χ0v) is 12.7. The second-order valence-corrected chi connectivity index (χ2v) is 5.21. The summed E-state index contributed by atoms with van der Waals surface area (Å²) in [4.78, 5) is 15.1. The Balaban J connectivity index is 1.66. The maximum Gasteiger partial charge on any atom is 0.232 e. The number of nitrogens with zero attached hydrogens (tertiary/aromatic N) is 1. The minimum Gasteiger partial charge on any atom is -0.484 e. The van der Waals surface area contributed by atoms with Gasteiger partial charge in [0.2, 0.25) is 11.8 Å². The van der Waals surface area contributed by atoms with Crippen molar-refractivity contribution in [3.8, 4) is 17.1 Å². The number of benzene rings is 2. The summed E-state index contributed by atoms with van der Waals surface area (Å²) in [6, 6.07) is 13.2. The fraction of sp³-hybridized carbons (Fsp3) is 0.111. The highest BCUT2D eigenvalue weighted by molar-refractivity contribution is 5.76. The van der Waals surface area contributed by atoms with E-state index in [4.69, 9.17) is 14.9 Å². The van der Waals surface area contributed by atoms with Crippen molar-refractivity contribution in [1.29, 1.82) is 0 Å². The number of halogens is 1. The highest BCUT2D eigenvalue weighted by atomic mass is 19.1. The summed E-state index contributed by atoms with van der Waals surface area (Å²) in [5.41, 5.74) is 6.56. The van der Waals surface area contributed by atoms with Crippen LogP contribution < -0.4 is 10.5 Å². The van der Waals surface area contributed by atoms with Crippen molar-refractivity contribution in [2.75, 3.05) is 0 Å². The number of hydrogen-bond acceptors (Lipinski definition) is 4. The number of hydrogen-bond donors (Lipinski definition) is 1. The number of carbonyl (C=O) groups excluding carboxylic acids is 1. The Morgan fingerprint density at radius 2 is 2.04 bits per heavy atom. The second kappa shape index (κ2) is 6.95. The fourth-order valence-corrected chi connectivity index (χ4v) is 2.24. The van der Waals surface area contributed by atoms with Crippen LogP contribution in [0, 0.1) is 5.82 Å². The van der Waals surface area contributed by atoms with Gasteiger partial charge in [-0.15, -0.1) is 0 Å². The molecule has 0 aliphatic carbocycles. The van der Waals surface area contributed by atoms with E-state index in [2.05, 4.69) is 4.98 Å². The molecule has 2 aromatic carbocycles. The average molecular weight is 326 g/mol. The molecule has 0 bridgehead atoms. The van der Waals surface area contributed by atoms with E-state index in [9.17, 15) is 9.18 Å². The van der Waals surface area contributed by atoms with Gasteiger partial charge in [-0.25, -0.2) is 9.37 Å². The summed E-state index contributed by atoms with van der Waals surface area (Å²) in [7, 11) is 0. The molecule has 3 aromatic rings. The lowest BCUT2D eigenvalue weighted by atomic mass is 10.1. The van der Waals surface area contributed by atoms with Crippen molar-refractivity contribution in [3.05, 3.63) is 72.0 Å². The van der Waals surface area contributed by atoms with Gasteiger partial charge in [0.05, 0.1) is 12.6 Å². The maximum absolute atomic E-state index is 13.2. The van der Waals surface area contributed by atoms with E-state index in [0.29, 0.717) is 23.0 Å². The highest BCUT2D eigenvalue weighted by Gasteiger charge is 2.08. The summed E-state index contributed by atoms with van der Waals surface area (Å²) in [6.07, 6.45) is 1.68. The number of primary amides is 1. The summed E-state index contributed by atoms with van der Waals surface area (Å²) < 4.78 is 24.4. The van der Waals surface area contributed by atoms with Crippen LogP contribution in [-0.2, 0) is 17.8 Å². The first-order chi connectivity index (χ1) is 11.6. The Hall–Kier alpha value is -3.15. The molecule has 3 rings (SSSR count). The predicted octanol–water partition coefficient (Wildman–Crippen LogP) is 3.09. The van der Waals surface area contributed by atoms with Crippen LogP contribution in [-0.4, -0.2) is 10.9 Å². The topological polar surface area (TPSA) is 78.4 Å². The Bertz CT molecular complexity index is 861. The van der Waals surface area contributed by atoms with Crippen LogP contribution in [0.4, 0.5) is 4.39 Å². The molecule has 24 heavy (non-hydrogen) atoms. The number of nitrogens with two attached hydrogens (primary N) is 1. The van der Waals surface area contributed by atoms with Gasteiger partial charge < -0.3 is 14.9 Å². The first kappa shape index (κ1) is 15.7. The normalized spacial score (nSPS) is 10.5. The average Bonchev–Trinajstić information content (AvgIpc) is 3.02. The molecule has 0 saturated heterocycles. The molecule has 122 valence electrons. The molecule has 5 nitrogen and oxygen atoms in total. The number of carbonyl (C=O) groups is 1. The van der Waals surface area contributed by atoms with Crippen molar-refractivity contribution in [3.63, 3.8) is 0 Å². The van der Waals surface area contributed by atoms with Crippen LogP contribution in [0.15, 0.2) is 59.1 Å². The zero-order valence-electron chi connectivity index (χ0n) is 12.7. The fourth-order valence-electron chi connectivity index (χ4n) is 2.24. The maximum atomic E-state index is 13.2. The van der Waals surface area contributed by atoms with Crippen LogP contribution in [0.1, 0.15) is 11.5 Å². The lowest BCUT2D eigenvalue weighted by Crippen LogP contribution is -2.13. The molecule has 0 fully saturated rings. The number of amides is 1.